The molecule has 26 heavy (non-hydrogen) atoms. The van der Waals surface area contributed by atoms with E-state index in [1.165, 1.54) is 11.8 Å². The van der Waals surface area contributed by atoms with Crippen LogP contribution in [0.3, 0.4) is 0 Å². The Kier molecular flexibility index (Phi) is 7.35. The van der Waals surface area contributed by atoms with Gasteiger partial charge in [-0.2, -0.15) is 0 Å². The molecule has 0 aliphatic heterocycles. The van der Waals surface area contributed by atoms with E-state index in [0.29, 0.717) is 17.2 Å². The Morgan fingerprint density at radius 2 is 1.35 bits per heavy atom. The van der Waals surface area contributed by atoms with E-state index in [4.69, 9.17) is 9.47 Å². The average Bonchev–Trinajstić information content (AvgIpc) is 2.63. The van der Waals surface area contributed by atoms with Crippen LogP contribution in [0.25, 0.3) is 0 Å². The van der Waals surface area contributed by atoms with E-state index in [2.05, 4.69) is 10.6 Å². The number of anilines is 2. The number of hydrogen-bond acceptors (Lipinski definition) is 5. The molecule has 0 saturated carbocycles. The summed E-state index contributed by atoms with van der Waals surface area (Å²) in [5.41, 5.74) is 2.45. The Balaban J connectivity index is 1.78. The molecule has 0 unspecified atom stereocenters. The first-order valence-electron chi connectivity index (χ1n) is 7.97. The molecule has 0 spiro atoms. The maximum absolute atomic E-state index is 12.0. The number of carbonyl (C=O) groups excluding carboxylic acids is 2. The van der Waals surface area contributed by atoms with Gasteiger partial charge in [-0.05, 0) is 19.1 Å². The second-order valence-corrected chi connectivity index (χ2v) is 6.54. The van der Waals surface area contributed by atoms with Crippen LogP contribution in [-0.2, 0) is 9.59 Å². The lowest BCUT2D eigenvalue weighted by atomic mass is 10.2. The zero-order valence-electron chi connectivity index (χ0n) is 15.0. The van der Waals surface area contributed by atoms with E-state index in [1.807, 2.05) is 31.2 Å². The topological polar surface area (TPSA) is 76.7 Å². The number of rotatable bonds is 8. The fourth-order valence-electron chi connectivity index (χ4n) is 2.15. The van der Waals surface area contributed by atoms with Gasteiger partial charge in [0, 0.05) is 29.6 Å². The Hall–Kier alpha value is -2.67. The van der Waals surface area contributed by atoms with E-state index in [9.17, 15) is 9.59 Å². The normalized spacial score (nSPS) is 10.1. The first kappa shape index (κ1) is 19.7. The maximum Gasteiger partial charge on any atom is 0.234 e. The molecule has 0 heterocycles. The van der Waals surface area contributed by atoms with Gasteiger partial charge in [0.1, 0.15) is 11.5 Å². The Labute approximate surface area is 157 Å². The van der Waals surface area contributed by atoms with Gasteiger partial charge in [-0.1, -0.05) is 17.7 Å². The molecule has 0 aliphatic rings. The number of aryl methyl sites for hydroxylation is 1. The Bertz CT molecular complexity index is 740. The summed E-state index contributed by atoms with van der Waals surface area (Å²) < 4.78 is 10.3. The van der Waals surface area contributed by atoms with Crippen LogP contribution in [0.15, 0.2) is 42.5 Å². The van der Waals surface area contributed by atoms with Crippen molar-refractivity contribution in [1.82, 2.24) is 0 Å². The SMILES string of the molecule is COc1cc(NC(=O)CSCC(=O)Nc2ccc(C)cc2)cc(OC)c1. The van der Waals surface area contributed by atoms with Crippen LogP contribution >= 0.6 is 11.8 Å². The highest BCUT2D eigenvalue weighted by molar-refractivity contribution is 8.00. The molecular formula is C19H22N2O4S. The molecule has 2 rings (SSSR count). The van der Waals surface area contributed by atoms with Gasteiger partial charge in [0.15, 0.2) is 0 Å². The monoisotopic (exact) mass is 374 g/mol. The van der Waals surface area contributed by atoms with Crippen LogP contribution in [0.4, 0.5) is 11.4 Å². The van der Waals surface area contributed by atoms with Crippen molar-refractivity contribution in [2.24, 2.45) is 0 Å². The van der Waals surface area contributed by atoms with Crippen LogP contribution in [0.2, 0.25) is 0 Å². The van der Waals surface area contributed by atoms with Gasteiger partial charge in [-0.15, -0.1) is 11.8 Å². The summed E-state index contributed by atoms with van der Waals surface area (Å²) in [5.74, 6) is 1.20. The standard InChI is InChI=1S/C19H22N2O4S/c1-13-4-6-14(7-5-13)20-18(22)11-26-12-19(23)21-15-8-16(24-2)10-17(9-15)25-3/h4-10H,11-12H2,1-3H3,(H,20,22)(H,21,23). The minimum atomic E-state index is -0.201. The van der Waals surface area contributed by atoms with Crippen molar-refractivity contribution in [3.8, 4) is 11.5 Å². The van der Waals surface area contributed by atoms with Crippen molar-refractivity contribution in [2.45, 2.75) is 6.92 Å². The number of amides is 2. The summed E-state index contributed by atoms with van der Waals surface area (Å²) in [6.45, 7) is 1.98. The first-order chi connectivity index (χ1) is 12.5. The van der Waals surface area contributed by atoms with E-state index in [-0.39, 0.29) is 23.3 Å². The van der Waals surface area contributed by atoms with Crippen molar-refractivity contribution in [3.63, 3.8) is 0 Å². The highest BCUT2D eigenvalue weighted by Gasteiger charge is 2.08. The van der Waals surface area contributed by atoms with Gasteiger partial charge in [-0.3, -0.25) is 9.59 Å². The lowest BCUT2D eigenvalue weighted by molar-refractivity contribution is -0.114. The van der Waals surface area contributed by atoms with E-state index in [1.54, 1.807) is 32.4 Å². The molecule has 6 nitrogen and oxygen atoms in total. The summed E-state index contributed by atoms with van der Waals surface area (Å²) in [7, 11) is 3.09. The van der Waals surface area contributed by atoms with Crippen LogP contribution < -0.4 is 20.1 Å². The summed E-state index contributed by atoms with van der Waals surface area (Å²) in [6, 6.07) is 12.7. The van der Waals surface area contributed by atoms with Gasteiger partial charge in [-0.25, -0.2) is 0 Å². The third-order valence-corrected chi connectivity index (χ3v) is 4.37. The van der Waals surface area contributed by atoms with Crippen molar-refractivity contribution in [1.29, 1.82) is 0 Å². The minimum Gasteiger partial charge on any atom is -0.497 e. The largest absolute Gasteiger partial charge is 0.497 e. The number of hydrogen-bond donors (Lipinski definition) is 2. The first-order valence-corrected chi connectivity index (χ1v) is 9.13. The molecule has 0 atom stereocenters. The molecule has 7 heteroatoms. The molecule has 138 valence electrons. The molecular weight excluding hydrogens is 352 g/mol. The zero-order chi connectivity index (χ0) is 18.9. The number of benzene rings is 2. The summed E-state index contributed by atoms with van der Waals surface area (Å²) in [4.78, 5) is 24.0. The van der Waals surface area contributed by atoms with Gasteiger partial charge in [0.05, 0.1) is 25.7 Å². The van der Waals surface area contributed by atoms with Gasteiger partial charge in [0.25, 0.3) is 0 Å². The summed E-state index contributed by atoms with van der Waals surface area (Å²) in [6.07, 6.45) is 0. The average molecular weight is 374 g/mol. The predicted octanol–water partition coefficient (Wildman–Crippen LogP) is 3.32. The smallest absolute Gasteiger partial charge is 0.234 e. The molecule has 2 amide bonds. The van der Waals surface area contributed by atoms with E-state index >= 15 is 0 Å². The minimum absolute atomic E-state index is 0.144. The third-order valence-electron chi connectivity index (χ3n) is 3.44. The number of carbonyl (C=O) groups is 2. The molecule has 0 fully saturated rings. The lowest BCUT2D eigenvalue weighted by Crippen LogP contribution is -2.18. The molecule has 2 aromatic rings. The lowest BCUT2D eigenvalue weighted by Gasteiger charge is -2.10. The van der Waals surface area contributed by atoms with Crippen molar-refractivity contribution < 1.29 is 19.1 Å². The number of methoxy groups -OCH3 is 2. The van der Waals surface area contributed by atoms with Crippen molar-refractivity contribution in [2.75, 3.05) is 36.4 Å². The number of ether oxygens (including phenoxy) is 2. The highest BCUT2D eigenvalue weighted by Crippen LogP contribution is 2.25. The molecule has 0 saturated heterocycles. The van der Waals surface area contributed by atoms with Gasteiger partial charge in [0.2, 0.25) is 11.8 Å². The van der Waals surface area contributed by atoms with Gasteiger partial charge >= 0.3 is 0 Å². The Morgan fingerprint density at radius 1 is 0.846 bits per heavy atom. The van der Waals surface area contributed by atoms with Gasteiger partial charge < -0.3 is 20.1 Å². The maximum atomic E-state index is 12.0. The van der Waals surface area contributed by atoms with E-state index < -0.39 is 0 Å². The molecule has 0 bridgehead atoms. The zero-order valence-corrected chi connectivity index (χ0v) is 15.8. The van der Waals surface area contributed by atoms with Crippen molar-refractivity contribution in [3.05, 3.63) is 48.0 Å². The van der Waals surface area contributed by atoms with Crippen LogP contribution in [0.1, 0.15) is 5.56 Å². The summed E-state index contributed by atoms with van der Waals surface area (Å²) >= 11 is 1.24. The number of nitrogens with one attached hydrogen (secondary N) is 2. The Morgan fingerprint density at radius 3 is 1.85 bits per heavy atom. The van der Waals surface area contributed by atoms with Crippen LogP contribution in [0.5, 0.6) is 11.5 Å². The fraction of sp³-hybridized carbons (Fsp3) is 0.263. The summed E-state index contributed by atoms with van der Waals surface area (Å²) in [5, 5.41) is 5.57. The molecule has 2 aromatic carbocycles. The van der Waals surface area contributed by atoms with Crippen molar-refractivity contribution >= 4 is 35.0 Å². The second-order valence-electron chi connectivity index (χ2n) is 5.56. The highest BCUT2D eigenvalue weighted by atomic mass is 32.2. The molecule has 0 radical (unpaired) electrons. The molecule has 0 aromatic heterocycles. The fourth-order valence-corrected chi connectivity index (χ4v) is 2.76. The van der Waals surface area contributed by atoms with Crippen LogP contribution in [0, 0.1) is 6.92 Å². The third kappa shape index (κ3) is 6.33. The number of thioether (sulfide) groups is 1. The second kappa shape index (κ2) is 9.72. The molecule has 2 N–H and O–H groups in total. The van der Waals surface area contributed by atoms with Crippen LogP contribution in [-0.4, -0.2) is 37.5 Å². The quantitative estimate of drug-likeness (QED) is 0.741. The molecule has 0 aliphatic carbocycles. The van der Waals surface area contributed by atoms with E-state index in [0.717, 1.165) is 11.3 Å². The predicted molar refractivity (Wildman–Crippen MR) is 105 cm³/mol.